The summed E-state index contributed by atoms with van der Waals surface area (Å²) in [6.07, 6.45) is 4.63. The van der Waals surface area contributed by atoms with E-state index in [-0.39, 0.29) is 0 Å². The molecule has 19 heavy (non-hydrogen) atoms. The third-order valence-electron chi connectivity index (χ3n) is 2.26. The van der Waals surface area contributed by atoms with E-state index in [1.54, 1.807) is 12.4 Å². The molecule has 2 aromatic rings. The molecule has 1 aromatic heterocycles. The van der Waals surface area contributed by atoms with E-state index >= 15 is 0 Å². The summed E-state index contributed by atoms with van der Waals surface area (Å²) < 4.78 is 41.3. The number of benzene rings is 1. The van der Waals surface area contributed by atoms with Crippen molar-refractivity contribution in [1.82, 2.24) is 9.97 Å². The van der Waals surface area contributed by atoms with Gasteiger partial charge in [0.1, 0.15) is 6.33 Å². The van der Waals surface area contributed by atoms with E-state index in [1.807, 2.05) is 0 Å². The van der Waals surface area contributed by atoms with E-state index in [4.69, 9.17) is 0 Å². The van der Waals surface area contributed by atoms with Gasteiger partial charge in [0, 0.05) is 36.3 Å². The molecule has 2 rings (SSSR count). The minimum atomic E-state index is -3.05. The highest BCUT2D eigenvalue weighted by atomic mass is 19.3. The summed E-state index contributed by atoms with van der Waals surface area (Å²) in [5, 5.41) is 2.92. The molecule has 1 heterocycles. The second-order valence-corrected chi connectivity index (χ2v) is 3.62. The zero-order valence-electron chi connectivity index (χ0n) is 9.69. The Morgan fingerprint density at radius 2 is 1.95 bits per heavy atom. The molecule has 0 aliphatic rings. The normalized spacial score (nSPS) is 10.5. The number of halogens is 3. The molecule has 1 aromatic carbocycles. The highest BCUT2D eigenvalue weighted by Gasteiger charge is 2.10. The number of nitrogens with one attached hydrogen (secondary N) is 1. The van der Waals surface area contributed by atoms with Crippen LogP contribution in [0.5, 0.6) is 5.75 Å². The standard InChI is InChI=1S/C12H10F3N3O/c13-10-3-9(1-2-11(10)19-12(14)15)18-6-8-4-16-7-17-5-8/h1-5,7,12,18H,6H2. The second kappa shape index (κ2) is 6.03. The maximum Gasteiger partial charge on any atom is 0.387 e. The number of alkyl halides is 2. The van der Waals surface area contributed by atoms with Crippen LogP contribution in [-0.2, 0) is 6.54 Å². The van der Waals surface area contributed by atoms with Crippen LogP contribution in [0.4, 0.5) is 18.9 Å². The van der Waals surface area contributed by atoms with Crippen molar-refractivity contribution < 1.29 is 17.9 Å². The van der Waals surface area contributed by atoms with Gasteiger partial charge in [0.2, 0.25) is 0 Å². The summed E-state index contributed by atoms with van der Waals surface area (Å²) in [6.45, 7) is -2.65. The van der Waals surface area contributed by atoms with E-state index in [0.29, 0.717) is 12.2 Å². The summed E-state index contributed by atoms with van der Waals surface area (Å²) in [4.78, 5) is 7.67. The minimum Gasteiger partial charge on any atom is -0.432 e. The molecule has 0 saturated carbocycles. The maximum absolute atomic E-state index is 13.4. The first kappa shape index (κ1) is 13.1. The van der Waals surface area contributed by atoms with Gasteiger partial charge in [-0.1, -0.05) is 0 Å². The van der Waals surface area contributed by atoms with Crippen molar-refractivity contribution in [3.8, 4) is 5.75 Å². The Bertz CT molecular complexity index is 537. The number of aromatic nitrogens is 2. The molecule has 0 amide bonds. The van der Waals surface area contributed by atoms with Crippen LogP contribution in [-0.4, -0.2) is 16.6 Å². The molecule has 0 unspecified atom stereocenters. The van der Waals surface area contributed by atoms with Gasteiger partial charge >= 0.3 is 6.61 Å². The Hall–Kier alpha value is -2.31. The highest BCUT2D eigenvalue weighted by Crippen LogP contribution is 2.23. The first-order valence-corrected chi connectivity index (χ1v) is 5.37. The molecular weight excluding hydrogens is 259 g/mol. The van der Waals surface area contributed by atoms with Crippen molar-refractivity contribution in [1.29, 1.82) is 0 Å². The van der Waals surface area contributed by atoms with Crippen molar-refractivity contribution >= 4 is 5.69 Å². The SMILES string of the molecule is Fc1cc(NCc2cncnc2)ccc1OC(F)F. The molecule has 0 atom stereocenters. The summed E-state index contributed by atoms with van der Waals surface area (Å²) in [5.74, 6) is -1.33. The lowest BCUT2D eigenvalue weighted by molar-refractivity contribution is -0.0521. The van der Waals surface area contributed by atoms with Crippen molar-refractivity contribution in [3.05, 3.63) is 48.3 Å². The molecule has 1 N–H and O–H groups in total. The Labute approximate surface area is 107 Å². The Kier molecular flexibility index (Phi) is 4.17. The smallest absolute Gasteiger partial charge is 0.387 e. The van der Waals surface area contributed by atoms with Gasteiger partial charge in [-0.3, -0.25) is 0 Å². The van der Waals surface area contributed by atoms with E-state index in [1.165, 1.54) is 12.4 Å². The van der Waals surface area contributed by atoms with Gasteiger partial charge in [0.25, 0.3) is 0 Å². The van der Waals surface area contributed by atoms with Gasteiger partial charge in [0.05, 0.1) is 0 Å². The Morgan fingerprint density at radius 3 is 2.58 bits per heavy atom. The summed E-state index contributed by atoms with van der Waals surface area (Å²) >= 11 is 0. The van der Waals surface area contributed by atoms with E-state index in [0.717, 1.165) is 17.7 Å². The van der Waals surface area contributed by atoms with Crippen LogP contribution in [0.1, 0.15) is 5.56 Å². The van der Waals surface area contributed by atoms with Gasteiger partial charge in [-0.05, 0) is 12.1 Å². The molecule has 100 valence electrons. The largest absolute Gasteiger partial charge is 0.432 e. The molecule has 0 bridgehead atoms. The van der Waals surface area contributed by atoms with Crippen molar-refractivity contribution in [2.45, 2.75) is 13.2 Å². The average molecular weight is 269 g/mol. The fraction of sp³-hybridized carbons (Fsp3) is 0.167. The van der Waals surface area contributed by atoms with E-state index in [2.05, 4.69) is 20.0 Å². The fourth-order valence-electron chi connectivity index (χ4n) is 1.43. The van der Waals surface area contributed by atoms with Crippen molar-refractivity contribution in [2.75, 3.05) is 5.32 Å². The summed E-state index contributed by atoms with van der Waals surface area (Å²) in [5.41, 5.74) is 1.26. The zero-order chi connectivity index (χ0) is 13.7. The van der Waals surface area contributed by atoms with Gasteiger partial charge in [0.15, 0.2) is 11.6 Å². The van der Waals surface area contributed by atoms with Crippen LogP contribution in [0.3, 0.4) is 0 Å². The summed E-state index contributed by atoms with van der Waals surface area (Å²) in [7, 11) is 0. The number of anilines is 1. The van der Waals surface area contributed by atoms with Crippen LogP contribution in [0.2, 0.25) is 0 Å². The maximum atomic E-state index is 13.4. The van der Waals surface area contributed by atoms with Crippen LogP contribution >= 0.6 is 0 Å². The molecule has 0 saturated heterocycles. The summed E-state index contributed by atoms with van der Waals surface area (Å²) in [6, 6.07) is 3.68. The molecule has 0 fully saturated rings. The third-order valence-corrected chi connectivity index (χ3v) is 2.26. The van der Waals surface area contributed by atoms with Crippen molar-refractivity contribution in [3.63, 3.8) is 0 Å². The van der Waals surface area contributed by atoms with Gasteiger partial charge < -0.3 is 10.1 Å². The monoisotopic (exact) mass is 269 g/mol. The Balaban J connectivity index is 2.00. The van der Waals surface area contributed by atoms with Gasteiger partial charge in [-0.25, -0.2) is 14.4 Å². The van der Waals surface area contributed by atoms with Crippen LogP contribution < -0.4 is 10.1 Å². The van der Waals surface area contributed by atoms with E-state index in [9.17, 15) is 13.2 Å². The first-order chi connectivity index (χ1) is 9.15. The molecule has 7 heteroatoms. The first-order valence-electron chi connectivity index (χ1n) is 5.37. The number of hydrogen-bond acceptors (Lipinski definition) is 4. The fourth-order valence-corrected chi connectivity index (χ4v) is 1.43. The molecule has 0 aliphatic carbocycles. The quantitative estimate of drug-likeness (QED) is 0.906. The number of ether oxygens (including phenoxy) is 1. The third kappa shape index (κ3) is 3.84. The zero-order valence-corrected chi connectivity index (χ0v) is 9.69. The predicted molar refractivity (Wildman–Crippen MR) is 62.4 cm³/mol. The average Bonchev–Trinajstić information content (AvgIpc) is 2.40. The second-order valence-electron chi connectivity index (χ2n) is 3.62. The lowest BCUT2D eigenvalue weighted by atomic mass is 10.2. The minimum absolute atomic E-state index is 0.398. The lowest BCUT2D eigenvalue weighted by Crippen LogP contribution is -2.05. The highest BCUT2D eigenvalue weighted by molar-refractivity contribution is 5.47. The predicted octanol–water partition coefficient (Wildman–Crippen LogP) is 2.83. The van der Waals surface area contributed by atoms with E-state index < -0.39 is 18.2 Å². The van der Waals surface area contributed by atoms with Gasteiger partial charge in [-0.15, -0.1) is 0 Å². The number of hydrogen-bond donors (Lipinski definition) is 1. The van der Waals surface area contributed by atoms with Gasteiger partial charge in [-0.2, -0.15) is 8.78 Å². The molecule has 4 nitrogen and oxygen atoms in total. The van der Waals surface area contributed by atoms with Crippen LogP contribution in [0.25, 0.3) is 0 Å². The molecule has 0 aliphatic heterocycles. The molecule has 0 radical (unpaired) electrons. The van der Waals surface area contributed by atoms with Crippen LogP contribution in [0, 0.1) is 5.82 Å². The van der Waals surface area contributed by atoms with Crippen molar-refractivity contribution in [2.24, 2.45) is 0 Å². The Morgan fingerprint density at radius 1 is 1.21 bits per heavy atom. The number of rotatable bonds is 5. The topological polar surface area (TPSA) is 47.0 Å². The number of nitrogens with zero attached hydrogens (tertiary/aromatic N) is 2. The molecular formula is C12H10F3N3O. The lowest BCUT2D eigenvalue weighted by Gasteiger charge is -2.09. The molecule has 0 spiro atoms. The van der Waals surface area contributed by atoms with Crippen LogP contribution in [0.15, 0.2) is 36.9 Å².